The summed E-state index contributed by atoms with van der Waals surface area (Å²) < 4.78 is 39.2. The van der Waals surface area contributed by atoms with Crippen LogP contribution in [0.1, 0.15) is 17.2 Å². The van der Waals surface area contributed by atoms with Crippen molar-refractivity contribution in [3.63, 3.8) is 0 Å². The van der Waals surface area contributed by atoms with Crippen molar-refractivity contribution in [1.82, 2.24) is 0 Å². The van der Waals surface area contributed by atoms with E-state index in [4.69, 9.17) is 17.3 Å². The normalized spacial score (nSPS) is 12.5. The van der Waals surface area contributed by atoms with E-state index in [1.165, 1.54) is 18.2 Å². The minimum absolute atomic E-state index is 0.150. The predicted octanol–water partition coefficient (Wildman–Crippen LogP) is 4.00. The predicted molar refractivity (Wildman–Crippen MR) is 68.4 cm³/mol. The first-order valence-electron chi connectivity index (χ1n) is 5.62. The second-order valence-electron chi connectivity index (χ2n) is 4.21. The highest BCUT2D eigenvalue weighted by atomic mass is 35.5. The van der Waals surface area contributed by atoms with Crippen LogP contribution in [0.5, 0.6) is 0 Å². The number of rotatable bonds is 3. The van der Waals surface area contributed by atoms with Crippen molar-refractivity contribution in [2.45, 2.75) is 12.5 Å². The van der Waals surface area contributed by atoms with Gasteiger partial charge < -0.3 is 5.73 Å². The minimum Gasteiger partial charge on any atom is -0.324 e. The Balaban J connectivity index is 2.23. The molecule has 0 aromatic heterocycles. The topological polar surface area (TPSA) is 26.0 Å². The molecule has 0 fully saturated rings. The maximum absolute atomic E-state index is 13.5. The molecule has 2 aromatic carbocycles. The molecule has 2 N–H and O–H groups in total. The standard InChI is InChI=1S/C14H11ClF3N/c15-12-6-9(16)3-4-11(12)14(19)5-8-1-2-10(17)7-13(8)18/h1-4,6-7,14H,5,19H2. The fraction of sp³-hybridized carbons (Fsp3) is 0.143. The Bertz CT molecular complexity index is 601. The highest BCUT2D eigenvalue weighted by molar-refractivity contribution is 6.31. The number of nitrogens with two attached hydrogens (primary N) is 1. The van der Waals surface area contributed by atoms with Crippen LogP contribution in [0, 0.1) is 17.5 Å². The molecule has 1 unspecified atom stereocenters. The van der Waals surface area contributed by atoms with E-state index in [0.29, 0.717) is 5.56 Å². The van der Waals surface area contributed by atoms with Gasteiger partial charge in [0.15, 0.2) is 0 Å². The lowest BCUT2D eigenvalue weighted by atomic mass is 9.99. The molecule has 0 aliphatic rings. The van der Waals surface area contributed by atoms with Crippen molar-refractivity contribution in [2.75, 3.05) is 0 Å². The zero-order valence-corrected chi connectivity index (χ0v) is 10.6. The van der Waals surface area contributed by atoms with Crippen LogP contribution in [0.15, 0.2) is 36.4 Å². The molecular weight excluding hydrogens is 275 g/mol. The Kier molecular flexibility index (Phi) is 4.12. The third-order valence-electron chi connectivity index (χ3n) is 2.82. The van der Waals surface area contributed by atoms with Crippen LogP contribution < -0.4 is 5.73 Å². The quantitative estimate of drug-likeness (QED) is 0.906. The van der Waals surface area contributed by atoms with E-state index >= 15 is 0 Å². The van der Waals surface area contributed by atoms with E-state index in [9.17, 15) is 13.2 Å². The summed E-state index contributed by atoms with van der Waals surface area (Å²) in [5.41, 5.74) is 6.72. The molecule has 0 spiro atoms. The molecule has 1 nitrogen and oxygen atoms in total. The molecule has 0 aliphatic carbocycles. The summed E-state index contributed by atoms with van der Waals surface area (Å²) in [6.07, 6.45) is 0.150. The van der Waals surface area contributed by atoms with Crippen LogP contribution in [0.2, 0.25) is 5.02 Å². The highest BCUT2D eigenvalue weighted by Gasteiger charge is 2.14. The first-order chi connectivity index (χ1) is 8.97. The maximum Gasteiger partial charge on any atom is 0.129 e. The van der Waals surface area contributed by atoms with Crippen molar-refractivity contribution in [2.24, 2.45) is 5.73 Å². The Morgan fingerprint density at radius 1 is 1.00 bits per heavy atom. The van der Waals surface area contributed by atoms with Gasteiger partial charge in [0.05, 0.1) is 0 Å². The maximum atomic E-state index is 13.5. The molecule has 2 rings (SSSR count). The Morgan fingerprint density at radius 2 is 1.63 bits per heavy atom. The van der Waals surface area contributed by atoms with E-state index in [1.807, 2.05) is 0 Å². The van der Waals surface area contributed by atoms with Gasteiger partial charge in [-0.2, -0.15) is 0 Å². The van der Waals surface area contributed by atoms with Crippen LogP contribution >= 0.6 is 11.6 Å². The number of benzene rings is 2. The molecule has 0 radical (unpaired) electrons. The molecule has 5 heteroatoms. The van der Waals surface area contributed by atoms with Crippen molar-refractivity contribution < 1.29 is 13.2 Å². The summed E-state index contributed by atoms with van der Waals surface area (Å²) in [5.74, 6) is -1.77. The summed E-state index contributed by atoms with van der Waals surface area (Å²) in [5, 5.41) is 0.190. The fourth-order valence-corrected chi connectivity index (χ4v) is 2.14. The first-order valence-corrected chi connectivity index (χ1v) is 5.99. The second-order valence-corrected chi connectivity index (χ2v) is 4.62. The molecule has 0 bridgehead atoms. The van der Waals surface area contributed by atoms with Gasteiger partial charge in [-0.05, 0) is 35.7 Å². The summed E-state index contributed by atoms with van der Waals surface area (Å²) >= 11 is 5.88. The lowest BCUT2D eigenvalue weighted by Gasteiger charge is -2.14. The van der Waals surface area contributed by atoms with Crippen LogP contribution in [0.25, 0.3) is 0 Å². The van der Waals surface area contributed by atoms with E-state index in [1.54, 1.807) is 0 Å². The van der Waals surface area contributed by atoms with Gasteiger partial charge in [-0.25, -0.2) is 13.2 Å². The Labute approximate surface area is 113 Å². The SMILES string of the molecule is NC(Cc1ccc(F)cc1F)c1ccc(F)cc1Cl. The Hall–Kier alpha value is -1.52. The van der Waals surface area contributed by atoms with E-state index in [0.717, 1.165) is 18.2 Å². The van der Waals surface area contributed by atoms with Crippen molar-refractivity contribution >= 4 is 11.6 Å². The van der Waals surface area contributed by atoms with Crippen LogP contribution in [-0.2, 0) is 6.42 Å². The number of hydrogen-bond donors (Lipinski definition) is 1. The van der Waals surface area contributed by atoms with E-state index in [-0.39, 0.29) is 17.0 Å². The third-order valence-corrected chi connectivity index (χ3v) is 3.14. The van der Waals surface area contributed by atoms with Gasteiger partial charge in [-0.3, -0.25) is 0 Å². The van der Waals surface area contributed by atoms with Gasteiger partial charge in [-0.1, -0.05) is 23.7 Å². The zero-order valence-electron chi connectivity index (χ0n) is 9.84. The zero-order chi connectivity index (χ0) is 14.0. The average molecular weight is 286 g/mol. The van der Waals surface area contributed by atoms with Gasteiger partial charge in [0.1, 0.15) is 17.5 Å². The second kappa shape index (κ2) is 5.63. The molecule has 100 valence electrons. The van der Waals surface area contributed by atoms with Crippen LogP contribution in [0.4, 0.5) is 13.2 Å². The van der Waals surface area contributed by atoms with Gasteiger partial charge >= 0.3 is 0 Å². The van der Waals surface area contributed by atoms with Gasteiger partial charge in [0, 0.05) is 17.1 Å². The molecule has 0 heterocycles. The molecule has 19 heavy (non-hydrogen) atoms. The lowest BCUT2D eigenvalue weighted by Crippen LogP contribution is -2.15. The molecular formula is C14H11ClF3N. The highest BCUT2D eigenvalue weighted by Crippen LogP contribution is 2.25. The third kappa shape index (κ3) is 3.28. The van der Waals surface area contributed by atoms with E-state index < -0.39 is 23.5 Å². The van der Waals surface area contributed by atoms with Gasteiger partial charge in [0.2, 0.25) is 0 Å². The van der Waals surface area contributed by atoms with Gasteiger partial charge in [-0.15, -0.1) is 0 Å². The van der Waals surface area contributed by atoms with Gasteiger partial charge in [0.25, 0.3) is 0 Å². The van der Waals surface area contributed by atoms with Crippen molar-refractivity contribution in [1.29, 1.82) is 0 Å². The smallest absolute Gasteiger partial charge is 0.129 e. The lowest BCUT2D eigenvalue weighted by molar-refractivity contribution is 0.562. The molecule has 2 aromatic rings. The molecule has 0 aliphatic heterocycles. The molecule has 0 saturated carbocycles. The summed E-state index contributed by atoms with van der Waals surface area (Å²) in [6.45, 7) is 0. The molecule has 1 atom stereocenters. The number of hydrogen-bond acceptors (Lipinski definition) is 1. The minimum atomic E-state index is -0.659. The van der Waals surface area contributed by atoms with Crippen molar-refractivity contribution in [3.05, 3.63) is 70.0 Å². The summed E-state index contributed by atoms with van der Waals surface area (Å²) in [4.78, 5) is 0. The first kappa shape index (κ1) is 13.9. The molecule has 0 amide bonds. The number of halogens is 4. The fourth-order valence-electron chi connectivity index (χ4n) is 1.84. The van der Waals surface area contributed by atoms with Crippen LogP contribution in [-0.4, -0.2) is 0 Å². The molecule has 0 saturated heterocycles. The monoisotopic (exact) mass is 285 g/mol. The van der Waals surface area contributed by atoms with E-state index in [2.05, 4.69) is 0 Å². The summed E-state index contributed by atoms with van der Waals surface area (Å²) in [7, 11) is 0. The van der Waals surface area contributed by atoms with Crippen LogP contribution in [0.3, 0.4) is 0 Å². The van der Waals surface area contributed by atoms with Crippen molar-refractivity contribution in [3.8, 4) is 0 Å². The summed E-state index contributed by atoms with van der Waals surface area (Å²) in [6, 6.07) is 6.56. The largest absolute Gasteiger partial charge is 0.324 e. The average Bonchev–Trinajstić information content (AvgIpc) is 2.32. The Morgan fingerprint density at radius 3 is 2.26 bits per heavy atom.